The number of aromatic nitrogens is 1. The summed E-state index contributed by atoms with van der Waals surface area (Å²) < 4.78 is 5.39. The lowest BCUT2D eigenvalue weighted by molar-refractivity contribution is -0.121. The number of nitrogens with one attached hydrogen (secondary N) is 2. The van der Waals surface area contributed by atoms with Crippen molar-refractivity contribution in [2.45, 2.75) is 53.1 Å². The Morgan fingerprint density at radius 2 is 2.00 bits per heavy atom. The molecule has 5 heteroatoms. The summed E-state index contributed by atoms with van der Waals surface area (Å²) >= 11 is 0. The fraction of sp³-hybridized carbons (Fsp3) is 0.571. The van der Waals surface area contributed by atoms with Gasteiger partial charge in [-0.25, -0.2) is 0 Å². The number of ether oxygens (including phenoxy) is 1. The summed E-state index contributed by atoms with van der Waals surface area (Å²) in [5.41, 5.74) is 6.01. The summed E-state index contributed by atoms with van der Waals surface area (Å²) in [6.45, 7) is 12.7. The van der Waals surface area contributed by atoms with Gasteiger partial charge < -0.3 is 15.0 Å². The van der Waals surface area contributed by atoms with Gasteiger partial charge in [0.15, 0.2) is 0 Å². The maximum absolute atomic E-state index is 12.3. The van der Waals surface area contributed by atoms with E-state index in [1.54, 1.807) is 0 Å². The van der Waals surface area contributed by atoms with E-state index in [0.717, 1.165) is 43.8 Å². The van der Waals surface area contributed by atoms with E-state index in [4.69, 9.17) is 4.74 Å². The third-order valence-electron chi connectivity index (χ3n) is 5.58. The Balaban J connectivity index is 1.56. The molecule has 1 aliphatic heterocycles. The number of hydrogen-bond donors (Lipinski definition) is 2. The molecule has 5 nitrogen and oxygen atoms in total. The van der Waals surface area contributed by atoms with Gasteiger partial charge in [0.05, 0.1) is 18.7 Å². The normalized spacial score (nSPS) is 16.8. The van der Waals surface area contributed by atoms with Crippen LogP contribution in [-0.2, 0) is 16.1 Å². The van der Waals surface area contributed by atoms with Crippen molar-refractivity contribution >= 4 is 16.8 Å². The minimum absolute atomic E-state index is 0.125. The molecule has 1 unspecified atom stereocenters. The average molecular weight is 357 g/mol. The first kappa shape index (κ1) is 18.9. The SMILES string of the molecule is Cc1cc(CNC(=O)CCC(C)N2CCOCC2)c2[nH]c(C)c(C)c2c1. The van der Waals surface area contributed by atoms with Crippen molar-refractivity contribution in [2.24, 2.45) is 0 Å². The first-order valence-corrected chi connectivity index (χ1v) is 9.62. The Morgan fingerprint density at radius 3 is 2.73 bits per heavy atom. The van der Waals surface area contributed by atoms with Crippen LogP contribution < -0.4 is 5.32 Å². The molecule has 0 radical (unpaired) electrons. The van der Waals surface area contributed by atoms with Crippen LogP contribution in [0.3, 0.4) is 0 Å². The lowest BCUT2D eigenvalue weighted by Gasteiger charge is -2.32. The number of aryl methyl sites for hydroxylation is 3. The molecule has 1 amide bonds. The number of nitrogens with zero attached hydrogens (tertiary/aromatic N) is 1. The third-order valence-corrected chi connectivity index (χ3v) is 5.58. The minimum atomic E-state index is 0.125. The number of H-pyrrole nitrogens is 1. The van der Waals surface area contributed by atoms with Crippen molar-refractivity contribution in [3.8, 4) is 0 Å². The minimum Gasteiger partial charge on any atom is -0.379 e. The number of benzene rings is 1. The second-order valence-electron chi connectivity index (χ2n) is 7.53. The highest BCUT2D eigenvalue weighted by atomic mass is 16.5. The Morgan fingerprint density at radius 1 is 1.27 bits per heavy atom. The van der Waals surface area contributed by atoms with Gasteiger partial charge in [-0.1, -0.05) is 11.6 Å². The Kier molecular flexibility index (Phi) is 5.99. The predicted octanol–water partition coefficient (Wildman–Crippen LogP) is 3.21. The van der Waals surface area contributed by atoms with Gasteiger partial charge in [-0.15, -0.1) is 0 Å². The first-order valence-electron chi connectivity index (χ1n) is 9.62. The Labute approximate surface area is 156 Å². The average Bonchev–Trinajstić information content (AvgIpc) is 2.93. The number of carbonyl (C=O) groups excluding carboxylic acids is 1. The first-order chi connectivity index (χ1) is 12.5. The van der Waals surface area contributed by atoms with Crippen LogP contribution in [0.15, 0.2) is 12.1 Å². The molecule has 1 aliphatic rings. The number of rotatable bonds is 6. The van der Waals surface area contributed by atoms with Crippen molar-refractivity contribution in [1.29, 1.82) is 0 Å². The summed E-state index contributed by atoms with van der Waals surface area (Å²) in [6.07, 6.45) is 1.45. The molecule has 0 spiro atoms. The van der Waals surface area contributed by atoms with Gasteiger partial charge in [0.1, 0.15) is 0 Å². The van der Waals surface area contributed by atoms with E-state index >= 15 is 0 Å². The maximum Gasteiger partial charge on any atom is 0.220 e. The molecule has 1 atom stereocenters. The van der Waals surface area contributed by atoms with Crippen LogP contribution in [0.4, 0.5) is 0 Å². The number of fused-ring (bicyclic) bond motifs is 1. The number of morpholine rings is 1. The summed E-state index contributed by atoms with van der Waals surface area (Å²) in [6, 6.07) is 4.79. The second-order valence-corrected chi connectivity index (χ2v) is 7.53. The van der Waals surface area contributed by atoms with Crippen LogP contribution >= 0.6 is 0 Å². The molecule has 142 valence electrons. The highest BCUT2D eigenvalue weighted by Crippen LogP contribution is 2.26. The van der Waals surface area contributed by atoms with Gasteiger partial charge in [0.2, 0.25) is 5.91 Å². The molecule has 1 aromatic heterocycles. The molecule has 2 aromatic rings. The molecule has 1 saturated heterocycles. The number of carbonyl (C=O) groups is 1. The summed E-state index contributed by atoms with van der Waals surface area (Å²) in [5, 5.41) is 4.36. The standard InChI is InChI=1S/C21H31N3O2/c1-14-11-18(21-19(12-14)16(3)17(4)23-21)13-22-20(25)6-5-15(2)24-7-9-26-10-8-24/h11-12,15,23H,5-10,13H2,1-4H3,(H,22,25). The van der Waals surface area contributed by atoms with Crippen LogP contribution in [-0.4, -0.2) is 48.1 Å². The fourth-order valence-electron chi connectivity index (χ4n) is 3.75. The van der Waals surface area contributed by atoms with Crippen molar-refractivity contribution in [2.75, 3.05) is 26.3 Å². The van der Waals surface area contributed by atoms with Crippen molar-refractivity contribution in [1.82, 2.24) is 15.2 Å². The van der Waals surface area contributed by atoms with Gasteiger partial charge in [0.25, 0.3) is 0 Å². The second kappa shape index (κ2) is 8.23. The third kappa shape index (κ3) is 4.27. The summed E-state index contributed by atoms with van der Waals surface area (Å²) in [5.74, 6) is 0.125. The molecule has 1 fully saturated rings. The fourth-order valence-corrected chi connectivity index (χ4v) is 3.75. The van der Waals surface area contributed by atoms with Crippen molar-refractivity contribution < 1.29 is 9.53 Å². The van der Waals surface area contributed by atoms with Gasteiger partial charge in [-0.2, -0.15) is 0 Å². The largest absolute Gasteiger partial charge is 0.379 e. The lowest BCUT2D eigenvalue weighted by atomic mass is 10.0. The van der Waals surface area contributed by atoms with Crippen molar-refractivity contribution in [3.63, 3.8) is 0 Å². The molecule has 2 N–H and O–H groups in total. The van der Waals surface area contributed by atoms with E-state index in [9.17, 15) is 4.79 Å². The molecule has 0 saturated carbocycles. The zero-order valence-corrected chi connectivity index (χ0v) is 16.4. The summed E-state index contributed by atoms with van der Waals surface area (Å²) in [7, 11) is 0. The van der Waals surface area contributed by atoms with E-state index in [2.05, 4.69) is 55.0 Å². The van der Waals surface area contributed by atoms with Crippen LogP contribution in [0, 0.1) is 20.8 Å². The smallest absolute Gasteiger partial charge is 0.220 e. The Bertz CT molecular complexity index is 775. The highest BCUT2D eigenvalue weighted by Gasteiger charge is 2.18. The lowest BCUT2D eigenvalue weighted by Crippen LogP contribution is -2.42. The van der Waals surface area contributed by atoms with Crippen LogP contribution in [0.1, 0.15) is 42.1 Å². The molecule has 1 aromatic carbocycles. The van der Waals surface area contributed by atoms with E-state index < -0.39 is 0 Å². The monoisotopic (exact) mass is 357 g/mol. The maximum atomic E-state index is 12.3. The van der Waals surface area contributed by atoms with E-state index in [-0.39, 0.29) is 5.91 Å². The van der Waals surface area contributed by atoms with Crippen LogP contribution in [0.5, 0.6) is 0 Å². The zero-order chi connectivity index (χ0) is 18.7. The van der Waals surface area contributed by atoms with Crippen LogP contribution in [0.2, 0.25) is 0 Å². The predicted molar refractivity (Wildman–Crippen MR) is 105 cm³/mol. The number of amides is 1. The molecule has 26 heavy (non-hydrogen) atoms. The summed E-state index contributed by atoms with van der Waals surface area (Å²) in [4.78, 5) is 18.2. The molecular weight excluding hydrogens is 326 g/mol. The zero-order valence-electron chi connectivity index (χ0n) is 16.4. The topological polar surface area (TPSA) is 57.4 Å². The van der Waals surface area contributed by atoms with Crippen molar-refractivity contribution in [3.05, 3.63) is 34.5 Å². The number of aromatic amines is 1. The quantitative estimate of drug-likeness (QED) is 0.835. The molecule has 0 bridgehead atoms. The van der Waals surface area contributed by atoms with E-state index in [1.807, 2.05) is 0 Å². The van der Waals surface area contributed by atoms with Crippen LogP contribution in [0.25, 0.3) is 10.9 Å². The van der Waals surface area contributed by atoms with Gasteiger partial charge in [-0.3, -0.25) is 9.69 Å². The molecule has 3 rings (SSSR count). The Hall–Kier alpha value is -1.85. The number of hydrogen-bond acceptors (Lipinski definition) is 3. The van der Waals surface area contributed by atoms with E-state index in [0.29, 0.717) is 19.0 Å². The van der Waals surface area contributed by atoms with Gasteiger partial charge in [-0.05, 0) is 51.3 Å². The van der Waals surface area contributed by atoms with Gasteiger partial charge in [0, 0.05) is 43.2 Å². The van der Waals surface area contributed by atoms with Gasteiger partial charge >= 0.3 is 0 Å². The molecular formula is C21H31N3O2. The highest BCUT2D eigenvalue weighted by molar-refractivity contribution is 5.88. The van der Waals surface area contributed by atoms with E-state index in [1.165, 1.54) is 22.2 Å². The molecule has 0 aliphatic carbocycles. The molecule has 2 heterocycles.